The van der Waals surface area contributed by atoms with E-state index in [4.69, 9.17) is 16.0 Å². The summed E-state index contributed by atoms with van der Waals surface area (Å²) in [4.78, 5) is 23.5. The summed E-state index contributed by atoms with van der Waals surface area (Å²) >= 11 is 6.24. The fourth-order valence-corrected chi connectivity index (χ4v) is 3.85. The number of aryl methyl sites for hydroxylation is 1. The van der Waals surface area contributed by atoms with Crippen LogP contribution in [0.1, 0.15) is 52.0 Å². The van der Waals surface area contributed by atoms with Gasteiger partial charge in [-0.05, 0) is 43.0 Å². The van der Waals surface area contributed by atoms with Crippen molar-refractivity contribution in [3.05, 3.63) is 82.3 Å². The Morgan fingerprint density at radius 1 is 1.25 bits per heavy atom. The minimum Gasteiger partial charge on any atom is -0.445 e. The summed E-state index contributed by atoms with van der Waals surface area (Å²) in [6.45, 7) is 3.25. The Hall–Kier alpha value is -2.66. The van der Waals surface area contributed by atoms with Crippen LogP contribution in [0.15, 0.2) is 53.2 Å². The van der Waals surface area contributed by atoms with Gasteiger partial charge in [0.2, 0.25) is 0 Å². The Morgan fingerprint density at radius 3 is 2.93 bits per heavy atom. The van der Waals surface area contributed by atoms with E-state index in [2.05, 4.69) is 9.97 Å². The fraction of sp³-hybridized carbons (Fsp3) is 0.318. The van der Waals surface area contributed by atoms with Crippen molar-refractivity contribution >= 4 is 17.5 Å². The molecule has 3 heterocycles. The number of oxazole rings is 1. The van der Waals surface area contributed by atoms with Gasteiger partial charge in [-0.15, -0.1) is 0 Å². The maximum absolute atomic E-state index is 12.9. The molecule has 1 saturated heterocycles. The van der Waals surface area contributed by atoms with Gasteiger partial charge in [0, 0.05) is 30.7 Å². The first-order valence-corrected chi connectivity index (χ1v) is 9.88. The SMILES string of the molecule is Cc1cccnc1C(=O)N1CCC[C@@H](c2ncc(Cc3ccccc3Cl)o2)C1. The number of halogens is 1. The van der Waals surface area contributed by atoms with Gasteiger partial charge in [-0.3, -0.25) is 9.78 Å². The number of benzene rings is 1. The highest BCUT2D eigenvalue weighted by Gasteiger charge is 2.29. The van der Waals surface area contributed by atoms with Crippen LogP contribution < -0.4 is 0 Å². The standard InChI is InChI=1S/C22H22ClN3O2/c1-15-6-4-10-24-20(15)22(27)26-11-5-8-17(14-26)21-25-13-18(28-21)12-16-7-2-3-9-19(16)23/h2-4,6-7,9-10,13,17H,5,8,11-12,14H2,1H3/t17-/m1/s1. The van der Waals surface area contributed by atoms with Crippen LogP contribution in [0.4, 0.5) is 0 Å². The van der Waals surface area contributed by atoms with E-state index in [0.29, 0.717) is 24.6 Å². The Kier molecular flexibility index (Phi) is 5.44. The van der Waals surface area contributed by atoms with Crippen molar-refractivity contribution in [3.63, 3.8) is 0 Å². The summed E-state index contributed by atoms with van der Waals surface area (Å²) in [5.41, 5.74) is 2.43. The Bertz CT molecular complexity index is 985. The highest BCUT2D eigenvalue weighted by Crippen LogP contribution is 2.29. The lowest BCUT2D eigenvalue weighted by Gasteiger charge is -2.31. The van der Waals surface area contributed by atoms with Crippen LogP contribution in [0.2, 0.25) is 5.02 Å². The molecule has 28 heavy (non-hydrogen) atoms. The predicted octanol–water partition coefficient (Wildman–Crippen LogP) is 4.64. The van der Waals surface area contributed by atoms with Crippen LogP contribution in [0.5, 0.6) is 0 Å². The molecule has 5 nitrogen and oxygen atoms in total. The number of likely N-dealkylation sites (tertiary alicyclic amines) is 1. The molecule has 0 bridgehead atoms. The van der Waals surface area contributed by atoms with Crippen molar-refractivity contribution in [2.24, 2.45) is 0 Å². The summed E-state index contributed by atoms with van der Waals surface area (Å²) in [6.07, 6.45) is 5.91. The fourth-order valence-electron chi connectivity index (χ4n) is 3.65. The number of carbonyl (C=O) groups excluding carboxylic acids is 1. The number of hydrogen-bond acceptors (Lipinski definition) is 4. The maximum atomic E-state index is 12.9. The monoisotopic (exact) mass is 395 g/mol. The third-order valence-electron chi connectivity index (χ3n) is 5.16. The van der Waals surface area contributed by atoms with E-state index in [0.717, 1.165) is 41.3 Å². The van der Waals surface area contributed by atoms with E-state index in [1.54, 1.807) is 12.4 Å². The molecule has 3 aromatic rings. The van der Waals surface area contributed by atoms with Gasteiger partial charge in [0.05, 0.1) is 12.1 Å². The molecule has 6 heteroatoms. The summed E-state index contributed by atoms with van der Waals surface area (Å²) in [5.74, 6) is 1.55. The number of piperidine rings is 1. The van der Waals surface area contributed by atoms with E-state index >= 15 is 0 Å². The maximum Gasteiger partial charge on any atom is 0.272 e. The molecule has 1 amide bonds. The smallest absolute Gasteiger partial charge is 0.272 e. The summed E-state index contributed by atoms with van der Waals surface area (Å²) in [6, 6.07) is 11.5. The zero-order valence-corrected chi connectivity index (χ0v) is 16.5. The Balaban J connectivity index is 1.47. The third kappa shape index (κ3) is 3.94. The summed E-state index contributed by atoms with van der Waals surface area (Å²) in [7, 11) is 0. The summed E-state index contributed by atoms with van der Waals surface area (Å²) in [5, 5.41) is 0.723. The molecule has 0 unspecified atom stereocenters. The van der Waals surface area contributed by atoms with Gasteiger partial charge < -0.3 is 9.32 Å². The van der Waals surface area contributed by atoms with Gasteiger partial charge in [0.15, 0.2) is 5.89 Å². The normalized spacial score (nSPS) is 16.9. The lowest BCUT2D eigenvalue weighted by Crippen LogP contribution is -2.39. The Labute approximate surface area is 169 Å². The molecule has 0 saturated carbocycles. The molecule has 0 aliphatic carbocycles. The average Bonchev–Trinajstić information content (AvgIpc) is 3.18. The first-order chi connectivity index (χ1) is 13.6. The molecule has 0 spiro atoms. The van der Waals surface area contributed by atoms with Crippen LogP contribution in [0.3, 0.4) is 0 Å². The zero-order chi connectivity index (χ0) is 19.5. The van der Waals surface area contributed by atoms with Crippen LogP contribution in [0.25, 0.3) is 0 Å². The lowest BCUT2D eigenvalue weighted by molar-refractivity contribution is 0.0691. The van der Waals surface area contributed by atoms with Crippen molar-refractivity contribution in [1.29, 1.82) is 0 Å². The minimum absolute atomic E-state index is 0.0225. The van der Waals surface area contributed by atoms with E-state index in [1.165, 1.54) is 0 Å². The molecule has 0 radical (unpaired) electrons. The summed E-state index contributed by atoms with van der Waals surface area (Å²) < 4.78 is 6.02. The van der Waals surface area contributed by atoms with Crippen LogP contribution in [0, 0.1) is 6.92 Å². The van der Waals surface area contributed by atoms with E-state index in [-0.39, 0.29) is 11.8 Å². The quantitative estimate of drug-likeness (QED) is 0.645. The van der Waals surface area contributed by atoms with E-state index < -0.39 is 0 Å². The molecule has 4 rings (SSSR count). The molecule has 0 N–H and O–H groups in total. The number of rotatable bonds is 4. The van der Waals surface area contributed by atoms with Crippen molar-refractivity contribution < 1.29 is 9.21 Å². The molecule has 1 atom stereocenters. The van der Waals surface area contributed by atoms with Crippen LogP contribution in [-0.2, 0) is 6.42 Å². The van der Waals surface area contributed by atoms with Gasteiger partial charge >= 0.3 is 0 Å². The minimum atomic E-state index is -0.0225. The van der Waals surface area contributed by atoms with E-state index in [9.17, 15) is 4.79 Å². The number of aromatic nitrogens is 2. The van der Waals surface area contributed by atoms with Gasteiger partial charge in [0.25, 0.3) is 5.91 Å². The first kappa shape index (κ1) is 18.7. The molecule has 1 aliphatic rings. The molecule has 2 aromatic heterocycles. The van der Waals surface area contributed by atoms with Crippen LogP contribution >= 0.6 is 11.6 Å². The molecule has 1 fully saturated rings. The molecule has 1 aromatic carbocycles. The highest BCUT2D eigenvalue weighted by atomic mass is 35.5. The zero-order valence-electron chi connectivity index (χ0n) is 15.8. The number of hydrogen-bond donors (Lipinski definition) is 0. The third-order valence-corrected chi connectivity index (χ3v) is 5.53. The van der Waals surface area contributed by atoms with Gasteiger partial charge in [-0.25, -0.2) is 4.98 Å². The van der Waals surface area contributed by atoms with Gasteiger partial charge in [-0.2, -0.15) is 0 Å². The van der Waals surface area contributed by atoms with E-state index in [1.807, 2.05) is 48.2 Å². The predicted molar refractivity (Wildman–Crippen MR) is 108 cm³/mol. The van der Waals surface area contributed by atoms with Crippen molar-refractivity contribution in [2.45, 2.75) is 32.1 Å². The van der Waals surface area contributed by atoms with Crippen molar-refractivity contribution in [3.8, 4) is 0 Å². The second-order valence-electron chi connectivity index (χ2n) is 7.19. The number of amides is 1. The van der Waals surface area contributed by atoms with Crippen LogP contribution in [-0.4, -0.2) is 33.9 Å². The molecule has 1 aliphatic heterocycles. The first-order valence-electron chi connectivity index (χ1n) is 9.50. The topological polar surface area (TPSA) is 59.2 Å². The Morgan fingerprint density at radius 2 is 2.11 bits per heavy atom. The second-order valence-corrected chi connectivity index (χ2v) is 7.60. The highest BCUT2D eigenvalue weighted by molar-refractivity contribution is 6.31. The number of nitrogens with zero attached hydrogens (tertiary/aromatic N) is 3. The van der Waals surface area contributed by atoms with Gasteiger partial charge in [0.1, 0.15) is 11.5 Å². The second kappa shape index (κ2) is 8.15. The number of carbonyl (C=O) groups is 1. The van der Waals surface area contributed by atoms with Crippen molar-refractivity contribution in [1.82, 2.24) is 14.9 Å². The lowest BCUT2D eigenvalue weighted by atomic mass is 9.97. The molecule has 144 valence electrons. The average molecular weight is 396 g/mol. The largest absolute Gasteiger partial charge is 0.445 e. The molecular formula is C22H22ClN3O2. The number of pyridine rings is 1. The van der Waals surface area contributed by atoms with Gasteiger partial charge in [-0.1, -0.05) is 35.9 Å². The van der Waals surface area contributed by atoms with Crippen molar-refractivity contribution in [2.75, 3.05) is 13.1 Å². The molecular weight excluding hydrogens is 374 g/mol.